The van der Waals surface area contributed by atoms with Crippen LogP contribution in [0.3, 0.4) is 0 Å². The van der Waals surface area contributed by atoms with Gasteiger partial charge in [-0.3, -0.25) is 15.0 Å². The summed E-state index contributed by atoms with van der Waals surface area (Å²) in [6.07, 6.45) is 2.22. The summed E-state index contributed by atoms with van der Waals surface area (Å²) in [4.78, 5) is 26.5. The Balaban J connectivity index is 1.61. The second-order valence-corrected chi connectivity index (χ2v) is 6.10. The van der Waals surface area contributed by atoms with E-state index in [2.05, 4.69) is 28.0 Å². The van der Waals surface area contributed by atoms with Gasteiger partial charge in [-0.15, -0.1) is 0 Å². The molecule has 0 aromatic rings. The fourth-order valence-electron chi connectivity index (χ4n) is 3.49. The number of carbonyl (C=O) groups excluding carboxylic acids is 2. The fourth-order valence-corrected chi connectivity index (χ4v) is 3.49. The number of hydrogen-bond acceptors (Lipinski definition) is 5. The molecule has 0 saturated carbocycles. The van der Waals surface area contributed by atoms with E-state index in [1.165, 1.54) is 0 Å². The van der Waals surface area contributed by atoms with Gasteiger partial charge in [0.1, 0.15) is 0 Å². The first-order chi connectivity index (χ1) is 10.2. The molecule has 2 amide bonds. The van der Waals surface area contributed by atoms with E-state index in [-0.39, 0.29) is 35.8 Å². The molecule has 21 heavy (non-hydrogen) atoms. The van der Waals surface area contributed by atoms with Gasteiger partial charge in [0.2, 0.25) is 11.8 Å². The second kappa shape index (κ2) is 6.29. The van der Waals surface area contributed by atoms with Crippen molar-refractivity contribution in [1.29, 1.82) is 0 Å². The van der Waals surface area contributed by atoms with Gasteiger partial charge in [-0.1, -0.05) is 6.92 Å². The Morgan fingerprint density at radius 3 is 3.05 bits per heavy atom. The molecule has 3 fully saturated rings. The topological polar surface area (TPSA) is 82.7 Å². The van der Waals surface area contributed by atoms with Crippen LogP contribution in [0.25, 0.3) is 0 Å². The first-order valence-corrected chi connectivity index (χ1v) is 7.86. The highest BCUT2D eigenvalue weighted by Gasteiger charge is 2.47. The van der Waals surface area contributed by atoms with Crippen LogP contribution in [0, 0.1) is 11.8 Å². The summed E-state index contributed by atoms with van der Waals surface area (Å²) >= 11 is 0. The molecule has 3 aliphatic rings. The van der Waals surface area contributed by atoms with Crippen LogP contribution in [0.1, 0.15) is 19.8 Å². The zero-order valence-electron chi connectivity index (χ0n) is 12.4. The standard InChI is InChI=1S/C14H24N4O3/c1-2-18-7-10(12-11(8-18)14(20)17-16-12)13(19)15-6-9-4-3-5-21-9/h9-12,16H,2-8H2,1H3,(H,15,19)(H,17,20). The summed E-state index contributed by atoms with van der Waals surface area (Å²) in [5.74, 6) is -0.334. The first kappa shape index (κ1) is 14.7. The first-order valence-electron chi connectivity index (χ1n) is 7.86. The number of likely N-dealkylation sites (tertiary alicyclic amines) is 1. The van der Waals surface area contributed by atoms with E-state index in [4.69, 9.17) is 4.74 Å². The van der Waals surface area contributed by atoms with Gasteiger partial charge in [-0.2, -0.15) is 0 Å². The third kappa shape index (κ3) is 3.04. The maximum absolute atomic E-state index is 12.5. The molecule has 118 valence electrons. The molecule has 0 aromatic carbocycles. The molecule has 0 spiro atoms. The third-order valence-corrected chi connectivity index (χ3v) is 4.79. The number of hydrazine groups is 1. The highest BCUT2D eigenvalue weighted by atomic mass is 16.5. The molecular formula is C14H24N4O3. The van der Waals surface area contributed by atoms with Crippen LogP contribution in [0.4, 0.5) is 0 Å². The van der Waals surface area contributed by atoms with Gasteiger partial charge in [0.25, 0.3) is 0 Å². The van der Waals surface area contributed by atoms with Gasteiger partial charge >= 0.3 is 0 Å². The maximum Gasteiger partial charge on any atom is 0.240 e. The van der Waals surface area contributed by atoms with E-state index < -0.39 is 0 Å². The average Bonchev–Trinajstić information content (AvgIpc) is 3.14. The normalized spacial score (nSPS) is 36.3. The smallest absolute Gasteiger partial charge is 0.240 e. The number of ether oxygens (including phenoxy) is 1. The molecular weight excluding hydrogens is 272 g/mol. The number of fused-ring (bicyclic) bond motifs is 1. The van der Waals surface area contributed by atoms with E-state index in [9.17, 15) is 9.59 Å². The number of rotatable bonds is 4. The van der Waals surface area contributed by atoms with E-state index >= 15 is 0 Å². The van der Waals surface area contributed by atoms with Gasteiger partial charge in [0.05, 0.1) is 24.0 Å². The lowest BCUT2D eigenvalue weighted by Gasteiger charge is -2.37. The summed E-state index contributed by atoms with van der Waals surface area (Å²) in [5, 5.41) is 3.00. The number of hydrogen-bond donors (Lipinski definition) is 3. The molecule has 3 rings (SSSR count). The number of piperidine rings is 1. The Labute approximate surface area is 124 Å². The van der Waals surface area contributed by atoms with Gasteiger partial charge in [0.15, 0.2) is 0 Å². The summed E-state index contributed by atoms with van der Waals surface area (Å²) in [6.45, 7) is 5.68. The number of nitrogens with zero attached hydrogens (tertiary/aromatic N) is 1. The Morgan fingerprint density at radius 2 is 2.33 bits per heavy atom. The molecule has 7 nitrogen and oxygen atoms in total. The number of carbonyl (C=O) groups is 2. The second-order valence-electron chi connectivity index (χ2n) is 6.10. The minimum absolute atomic E-state index is 0.00456. The van der Waals surface area contributed by atoms with Gasteiger partial charge in [-0.05, 0) is 19.4 Å². The minimum atomic E-state index is -0.205. The quantitative estimate of drug-likeness (QED) is 0.610. The van der Waals surface area contributed by atoms with Crippen molar-refractivity contribution in [2.24, 2.45) is 11.8 Å². The Bertz CT molecular complexity index is 411. The molecule has 3 heterocycles. The molecule has 3 N–H and O–H groups in total. The zero-order chi connectivity index (χ0) is 14.8. The molecule has 3 saturated heterocycles. The van der Waals surface area contributed by atoms with Crippen LogP contribution in [0.2, 0.25) is 0 Å². The van der Waals surface area contributed by atoms with E-state index in [1.807, 2.05) is 0 Å². The van der Waals surface area contributed by atoms with E-state index in [0.29, 0.717) is 13.1 Å². The van der Waals surface area contributed by atoms with Crippen molar-refractivity contribution in [3.63, 3.8) is 0 Å². The fraction of sp³-hybridized carbons (Fsp3) is 0.857. The van der Waals surface area contributed by atoms with Gasteiger partial charge in [-0.25, -0.2) is 5.43 Å². The van der Waals surface area contributed by atoms with Crippen molar-refractivity contribution in [2.75, 3.05) is 32.8 Å². The summed E-state index contributed by atoms with van der Waals surface area (Å²) < 4.78 is 5.53. The molecule has 4 unspecified atom stereocenters. The van der Waals surface area contributed by atoms with Crippen LogP contribution in [-0.2, 0) is 14.3 Å². The van der Waals surface area contributed by atoms with Crippen LogP contribution in [0.5, 0.6) is 0 Å². The predicted molar refractivity (Wildman–Crippen MR) is 76.1 cm³/mol. The summed E-state index contributed by atoms with van der Waals surface area (Å²) in [6, 6.07) is -0.107. The predicted octanol–water partition coefficient (Wildman–Crippen LogP) is -1.15. The molecule has 7 heteroatoms. The number of nitrogens with one attached hydrogen (secondary N) is 3. The van der Waals surface area contributed by atoms with Crippen molar-refractivity contribution >= 4 is 11.8 Å². The monoisotopic (exact) mass is 296 g/mol. The summed E-state index contributed by atoms with van der Waals surface area (Å²) in [5.41, 5.74) is 5.66. The van der Waals surface area contributed by atoms with Crippen LogP contribution < -0.4 is 16.2 Å². The molecule has 0 aromatic heterocycles. The molecule has 0 radical (unpaired) electrons. The number of amides is 2. The Kier molecular flexibility index (Phi) is 4.42. The lowest BCUT2D eigenvalue weighted by Crippen LogP contribution is -2.57. The van der Waals surface area contributed by atoms with Gasteiger partial charge in [0, 0.05) is 26.2 Å². The average molecular weight is 296 g/mol. The van der Waals surface area contributed by atoms with Crippen molar-refractivity contribution in [1.82, 2.24) is 21.1 Å². The highest BCUT2D eigenvalue weighted by molar-refractivity contribution is 5.85. The van der Waals surface area contributed by atoms with Crippen LogP contribution >= 0.6 is 0 Å². The minimum Gasteiger partial charge on any atom is -0.376 e. The molecule has 3 aliphatic heterocycles. The largest absolute Gasteiger partial charge is 0.376 e. The summed E-state index contributed by atoms with van der Waals surface area (Å²) in [7, 11) is 0. The Hall–Kier alpha value is -1.18. The zero-order valence-corrected chi connectivity index (χ0v) is 12.4. The lowest BCUT2D eigenvalue weighted by molar-refractivity contribution is -0.130. The van der Waals surface area contributed by atoms with Gasteiger partial charge < -0.3 is 15.0 Å². The lowest BCUT2D eigenvalue weighted by atomic mass is 9.84. The maximum atomic E-state index is 12.5. The molecule has 4 atom stereocenters. The third-order valence-electron chi connectivity index (χ3n) is 4.79. The van der Waals surface area contributed by atoms with Crippen molar-refractivity contribution < 1.29 is 14.3 Å². The molecule has 0 aliphatic carbocycles. The van der Waals surface area contributed by atoms with E-state index in [0.717, 1.165) is 32.5 Å². The van der Waals surface area contributed by atoms with Crippen molar-refractivity contribution in [3.05, 3.63) is 0 Å². The van der Waals surface area contributed by atoms with Crippen molar-refractivity contribution in [2.45, 2.75) is 31.9 Å². The van der Waals surface area contributed by atoms with Crippen LogP contribution in [0.15, 0.2) is 0 Å². The SMILES string of the molecule is CCN1CC(C(=O)NCC2CCCO2)C2NNC(=O)C2C1. The van der Waals surface area contributed by atoms with E-state index in [1.54, 1.807) is 0 Å². The highest BCUT2D eigenvalue weighted by Crippen LogP contribution is 2.25. The molecule has 0 bridgehead atoms. The Morgan fingerprint density at radius 1 is 1.48 bits per heavy atom. The van der Waals surface area contributed by atoms with Crippen LogP contribution in [-0.4, -0.2) is 61.6 Å². The van der Waals surface area contributed by atoms with Crippen molar-refractivity contribution in [3.8, 4) is 0 Å².